The highest BCUT2D eigenvalue weighted by Gasteiger charge is 2.40. The molecule has 1 aliphatic heterocycles. The average molecular weight is 414 g/mol. The van der Waals surface area contributed by atoms with Crippen LogP contribution in [0.1, 0.15) is 30.9 Å². The SMILES string of the molecule is CCCCc1ccc(N2C(=O)C(Nc3ccccc3)=C(c3ccc(F)cc3)C2=O)cc1. The first-order chi connectivity index (χ1) is 15.1. The van der Waals surface area contributed by atoms with Crippen LogP contribution in [0.5, 0.6) is 0 Å². The quantitative estimate of drug-likeness (QED) is 0.515. The Balaban J connectivity index is 1.72. The molecule has 1 heterocycles. The predicted octanol–water partition coefficient (Wildman–Crippen LogP) is 5.56. The number of amides is 2. The van der Waals surface area contributed by atoms with Crippen molar-refractivity contribution in [1.82, 2.24) is 0 Å². The van der Waals surface area contributed by atoms with Crippen LogP contribution in [0.2, 0.25) is 0 Å². The number of anilines is 2. The first-order valence-electron chi connectivity index (χ1n) is 10.4. The number of hydrogen-bond donors (Lipinski definition) is 1. The van der Waals surface area contributed by atoms with Crippen molar-refractivity contribution in [3.8, 4) is 0 Å². The number of para-hydroxylation sites is 1. The molecule has 31 heavy (non-hydrogen) atoms. The molecule has 0 aromatic heterocycles. The highest BCUT2D eigenvalue weighted by molar-refractivity contribution is 6.46. The molecule has 0 radical (unpaired) electrons. The maximum atomic E-state index is 13.5. The highest BCUT2D eigenvalue weighted by atomic mass is 19.1. The molecule has 3 aromatic rings. The summed E-state index contributed by atoms with van der Waals surface area (Å²) in [5.41, 5.74) is 3.26. The molecule has 0 saturated carbocycles. The molecule has 4 rings (SSSR count). The van der Waals surface area contributed by atoms with Crippen LogP contribution in [0.3, 0.4) is 0 Å². The van der Waals surface area contributed by atoms with Gasteiger partial charge >= 0.3 is 0 Å². The summed E-state index contributed by atoms with van der Waals surface area (Å²) < 4.78 is 13.5. The Kier molecular flexibility index (Phi) is 5.94. The monoisotopic (exact) mass is 414 g/mol. The fourth-order valence-corrected chi connectivity index (χ4v) is 3.62. The number of benzene rings is 3. The summed E-state index contributed by atoms with van der Waals surface area (Å²) in [7, 11) is 0. The van der Waals surface area contributed by atoms with E-state index in [1.165, 1.54) is 34.7 Å². The van der Waals surface area contributed by atoms with Gasteiger partial charge in [-0.1, -0.05) is 55.8 Å². The van der Waals surface area contributed by atoms with Gasteiger partial charge in [-0.05, 0) is 60.4 Å². The van der Waals surface area contributed by atoms with Crippen LogP contribution >= 0.6 is 0 Å². The number of carbonyl (C=O) groups excluding carboxylic acids is 2. The third-order valence-electron chi connectivity index (χ3n) is 5.27. The van der Waals surface area contributed by atoms with Gasteiger partial charge in [0.15, 0.2) is 0 Å². The molecule has 0 saturated heterocycles. The van der Waals surface area contributed by atoms with E-state index >= 15 is 0 Å². The van der Waals surface area contributed by atoms with Gasteiger partial charge in [0.05, 0.1) is 11.3 Å². The van der Waals surface area contributed by atoms with Gasteiger partial charge in [-0.15, -0.1) is 0 Å². The smallest absolute Gasteiger partial charge is 0.282 e. The molecule has 5 heteroatoms. The molecule has 0 spiro atoms. The van der Waals surface area contributed by atoms with Crippen LogP contribution in [0, 0.1) is 5.82 Å². The molecular formula is C26H23FN2O2. The molecule has 1 aliphatic rings. The number of aryl methyl sites for hydroxylation is 1. The van der Waals surface area contributed by atoms with E-state index in [0.29, 0.717) is 16.9 Å². The van der Waals surface area contributed by atoms with Crippen molar-refractivity contribution in [2.75, 3.05) is 10.2 Å². The largest absolute Gasteiger partial charge is 0.350 e. The van der Waals surface area contributed by atoms with E-state index < -0.39 is 17.6 Å². The Bertz CT molecular complexity index is 1120. The molecule has 3 aromatic carbocycles. The Morgan fingerprint density at radius 1 is 0.839 bits per heavy atom. The van der Waals surface area contributed by atoms with E-state index in [1.807, 2.05) is 42.5 Å². The minimum atomic E-state index is -0.436. The summed E-state index contributed by atoms with van der Waals surface area (Å²) in [4.78, 5) is 27.9. The van der Waals surface area contributed by atoms with Crippen molar-refractivity contribution < 1.29 is 14.0 Å². The molecule has 0 aliphatic carbocycles. The first kappa shape index (κ1) is 20.5. The summed E-state index contributed by atoms with van der Waals surface area (Å²) >= 11 is 0. The summed E-state index contributed by atoms with van der Waals surface area (Å²) in [6.07, 6.45) is 3.14. The lowest BCUT2D eigenvalue weighted by atomic mass is 10.0. The number of nitrogens with zero attached hydrogens (tertiary/aromatic N) is 1. The van der Waals surface area contributed by atoms with Crippen LogP contribution in [-0.2, 0) is 16.0 Å². The zero-order valence-electron chi connectivity index (χ0n) is 17.3. The number of carbonyl (C=O) groups is 2. The topological polar surface area (TPSA) is 49.4 Å². The molecule has 0 fully saturated rings. The Morgan fingerprint density at radius 3 is 2.16 bits per heavy atom. The Labute approximate surface area is 181 Å². The minimum absolute atomic E-state index is 0.179. The second-order valence-corrected chi connectivity index (χ2v) is 7.46. The van der Waals surface area contributed by atoms with Gasteiger partial charge in [-0.25, -0.2) is 9.29 Å². The van der Waals surface area contributed by atoms with Gasteiger partial charge in [0.1, 0.15) is 11.5 Å². The lowest BCUT2D eigenvalue weighted by Crippen LogP contribution is -2.32. The second kappa shape index (κ2) is 8.96. The molecule has 0 atom stereocenters. The fourth-order valence-electron chi connectivity index (χ4n) is 3.62. The molecule has 0 unspecified atom stereocenters. The van der Waals surface area contributed by atoms with Crippen molar-refractivity contribution in [1.29, 1.82) is 0 Å². The van der Waals surface area contributed by atoms with E-state index in [1.54, 1.807) is 12.1 Å². The number of unbranched alkanes of at least 4 members (excludes halogenated alkanes) is 1. The standard InChI is InChI=1S/C26H23FN2O2/c1-2-3-7-18-10-16-22(17-11-18)29-25(30)23(19-12-14-20(27)15-13-19)24(26(29)31)28-21-8-5-4-6-9-21/h4-6,8-17,28H,2-3,7H2,1H3. The van der Waals surface area contributed by atoms with Crippen LogP contribution in [0.15, 0.2) is 84.6 Å². The van der Waals surface area contributed by atoms with Gasteiger partial charge in [-0.2, -0.15) is 0 Å². The normalized spacial score (nSPS) is 13.8. The van der Waals surface area contributed by atoms with E-state index in [9.17, 15) is 14.0 Å². The molecule has 2 amide bonds. The van der Waals surface area contributed by atoms with Crippen molar-refractivity contribution in [3.05, 3.63) is 102 Å². The van der Waals surface area contributed by atoms with E-state index in [2.05, 4.69) is 12.2 Å². The van der Waals surface area contributed by atoms with Crippen LogP contribution < -0.4 is 10.2 Å². The van der Waals surface area contributed by atoms with Crippen molar-refractivity contribution in [2.24, 2.45) is 0 Å². The van der Waals surface area contributed by atoms with Gasteiger partial charge in [0.25, 0.3) is 11.8 Å². The van der Waals surface area contributed by atoms with Gasteiger partial charge in [-0.3, -0.25) is 9.59 Å². The van der Waals surface area contributed by atoms with E-state index in [-0.39, 0.29) is 11.3 Å². The van der Waals surface area contributed by atoms with Crippen LogP contribution in [0.4, 0.5) is 15.8 Å². The third kappa shape index (κ3) is 4.26. The summed E-state index contributed by atoms with van der Waals surface area (Å²) in [6, 6.07) is 22.3. The molecule has 156 valence electrons. The second-order valence-electron chi connectivity index (χ2n) is 7.46. The van der Waals surface area contributed by atoms with Crippen molar-refractivity contribution in [3.63, 3.8) is 0 Å². The summed E-state index contributed by atoms with van der Waals surface area (Å²) in [5.74, 6) is -1.27. The lowest BCUT2D eigenvalue weighted by molar-refractivity contribution is -0.120. The zero-order valence-corrected chi connectivity index (χ0v) is 17.3. The lowest BCUT2D eigenvalue weighted by Gasteiger charge is -2.16. The number of nitrogens with one attached hydrogen (secondary N) is 1. The van der Waals surface area contributed by atoms with E-state index in [4.69, 9.17) is 0 Å². The van der Waals surface area contributed by atoms with Gasteiger partial charge in [0, 0.05) is 5.69 Å². The van der Waals surface area contributed by atoms with Crippen molar-refractivity contribution in [2.45, 2.75) is 26.2 Å². The molecule has 4 nitrogen and oxygen atoms in total. The third-order valence-corrected chi connectivity index (χ3v) is 5.27. The molecule has 0 bridgehead atoms. The van der Waals surface area contributed by atoms with Crippen molar-refractivity contribution >= 4 is 28.8 Å². The van der Waals surface area contributed by atoms with Gasteiger partial charge < -0.3 is 5.32 Å². The van der Waals surface area contributed by atoms with Gasteiger partial charge in [0.2, 0.25) is 0 Å². The zero-order chi connectivity index (χ0) is 21.8. The summed E-state index contributed by atoms with van der Waals surface area (Å²) in [5, 5.41) is 3.10. The minimum Gasteiger partial charge on any atom is -0.350 e. The number of hydrogen-bond acceptors (Lipinski definition) is 3. The van der Waals surface area contributed by atoms with Crippen LogP contribution in [0.25, 0.3) is 5.57 Å². The number of rotatable bonds is 7. The van der Waals surface area contributed by atoms with E-state index in [0.717, 1.165) is 19.3 Å². The highest BCUT2D eigenvalue weighted by Crippen LogP contribution is 2.34. The summed E-state index contributed by atoms with van der Waals surface area (Å²) in [6.45, 7) is 2.14. The Morgan fingerprint density at radius 2 is 1.52 bits per heavy atom. The molecule has 1 N–H and O–H groups in total. The van der Waals surface area contributed by atoms with Crippen LogP contribution in [-0.4, -0.2) is 11.8 Å². The maximum absolute atomic E-state index is 13.5. The average Bonchev–Trinajstić information content (AvgIpc) is 3.03. The Hall–Kier alpha value is -3.73. The predicted molar refractivity (Wildman–Crippen MR) is 121 cm³/mol. The number of imide groups is 1. The maximum Gasteiger partial charge on any atom is 0.282 e. The number of halogens is 1. The fraction of sp³-hybridized carbons (Fsp3) is 0.154. The first-order valence-corrected chi connectivity index (χ1v) is 10.4. The molecular weight excluding hydrogens is 391 g/mol.